The van der Waals surface area contributed by atoms with Gasteiger partial charge in [-0.25, -0.2) is 0 Å². The van der Waals surface area contributed by atoms with Gasteiger partial charge in [0.05, 0.1) is 0 Å². The molecule has 0 amide bonds. The van der Waals surface area contributed by atoms with Crippen molar-refractivity contribution in [1.29, 1.82) is 0 Å². The first kappa shape index (κ1) is 24.0. The van der Waals surface area contributed by atoms with E-state index in [1.54, 1.807) is 14.2 Å². The zero-order valence-corrected chi connectivity index (χ0v) is 19.4. The predicted molar refractivity (Wildman–Crippen MR) is 120 cm³/mol. The van der Waals surface area contributed by atoms with E-state index in [2.05, 4.69) is 17.6 Å². The highest BCUT2D eigenvalue weighted by Gasteiger charge is 2.37. The number of hydrogen-bond donors (Lipinski definition) is 2. The molecule has 0 radical (unpaired) electrons. The van der Waals surface area contributed by atoms with E-state index in [1.807, 2.05) is 0 Å². The van der Waals surface area contributed by atoms with Crippen LogP contribution in [0, 0.1) is 10.8 Å². The van der Waals surface area contributed by atoms with Crippen LogP contribution < -0.4 is 10.6 Å². The van der Waals surface area contributed by atoms with Crippen LogP contribution in [0.2, 0.25) is 0 Å². The van der Waals surface area contributed by atoms with Crippen LogP contribution in [0.5, 0.6) is 0 Å². The highest BCUT2D eigenvalue weighted by atomic mass is 127. The van der Waals surface area contributed by atoms with E-state index in [-0.39, 0.29) is 24.0 Å². The Hall–Kier alpha value is -0.0800. The summed E-state index contributed by atoms with van der Waals surface area (Å²) in [6.07, 6.45) is 11.5. The molecule has 2 rings (SSSR count). The second-order valence-corrected chi connectivity index (χ2v) is 8.09. The summed E-state index contributed by atoms with van der Waals surface area (Å²) in [6.45, 7) is 6.67. The first-order valence-corrected chi connectivity index (χ1v) is 10.2. The molecule has 0 heterocycles. The number of rotatable bonds is 11. The molecule has 2 saturated carbocycles. The van der Waals surface area contributed by atoms with Crippen molar-refractivity contribution in [3.63, 3.8) is 0 Å². The minimum Gasteiger partial charge on any atom is -0.385 e. The van der Waals surface area contributed by atoms with Crippen molar-refractivity contribution in [3.05, 3.63) is 0 Å². The Morgan fingerprint density at radius 3 is 1.96 bits per heavy atom. The maximum absolute atomic E-state index is 5.35. The van der Waals surface area contributed by atoms with Gasteiger partial charge in [-0.05, 0) is 56.3 Å². The molecule has 2 N–H and O–H groups in total. The van der Waals surface area contributed by atoms with Gasteiger partial charge in [0.2, 0.25) is 0 Å². The molecule has 0 aromatic carbocycles. The molecular weight excluding hydrogens is 441 g/mol. The lowest BCUT2D eigenvalue weighted by Gasteiger charge is -2.41. The molecule has 2 aliphatic rings. The monoisotopic (exact) mass is 481 g/mol. The zero-order chi connectivity index (χ0) is 18.0. The number of aliphatic imine (C=N–C) groups is 1. The largest absolute Gasteiger partial charge is 0.385 e. The lowest BCUT2D eigenvalue weighted by Crippen LogP contribution is -2.44. The van der Waals surface area contributed by atoms with Crippen molar-refractivity contribution in [1.82, 2.24) is 10.6 Å². The van der Waals surface area contributed by atoms with Crippen molar-refractivity contribution in [2.75, 3.05) is 47.1 Å². The molecule has 26 heavy (non-hydrogen) atoms. The van der Waals surface area contributed by atoms with E-state index in [0.29, 0.717) is 10.8 Å². The van der Waals surface area contributed by atoms with Crippen molar-refractivity contribution in [2.24, 2.45) is 15.8 Å². The number of halogens is 1. The zero-order valence-electron chi connectivity index (χ0n) is 17.1. The van der Waals surface area contributed by atoms with Gasteiger partial charge in [-0.2, -0.15) is 0 Å². The Labute approximate surface area is 177 Å². The smallest absolute Gasteiger partial charge is 0.191 e. The molecule has 0 bridgehead atoms. The van der Waals surface area contributed by atoms with Gasteiger partial charge in [-0.15, -0.1) is 24.0 Å². The standard InChI is InChI=1S/C20H39N3O2.HI/c1-4-21-18(23-17-20(10-7-11-20)13-15-25-3)22-16-19(12-14-24-2)8-5-6-9-19;/h4-17H2,1-3H3,(H2,21,22,23);1H. The summed E-state index contributed by atoms with van der Waals surface area (Å²) in [5, 5.41) is 7.07. The van der Waals surface area contributed by atoms with E-state index in [9.17, 15) is 0 Å². The summed E-state index contributed by atoms with van der Waals surface area (Å²) < 4.78 is 10.7. The summed E-state index contributed by atoms with van der Waals surface area (Å²) in [5.74, 6) is 0.981. The summed E-state index contributed by atoms with van der Waals surface area (Å²) in [6, 6.07) is 0. The minimum absolute atomic E-state index is 0. The SMILES string of the molecule is CCNC(=NCC1(CCOC)CCC1)NCC1(CCOC)CCCC1.I. The van der Waals surface area contributed by atoms with Crippen LogP contribution in [0.15, 0.2) is 4.99 Å². The van der Waals surface area contributed by atoms with E-state index >= 15 is 0 Å². The van der Waals surface area contributed by atoms with Gasteiger partial charge in [0, 0.05) is 47.1 Å². The minimum atomic E-state index is 0. The van der Waals surface area contributed by atoms with E-state index in [4.69, 9.17) is 14.5 Å². The number of guanidine groups is 1. The van der Waals surface area contributed by atoms with E-state index in [1.165, 1.54) is 44.9 Å². The molecule has 2 aliphatic carbocycles. The average Bonchev–Trinajstić information content (AvgIpc) is 3.05. The second-order valence-electron chi connectivity index (χ2n) is 8.09. The van der Waals surface area contributed by atoms with Crippen molar-refractivity contribution >= 4 is 29.9 Å². The molecule has 0 aromatic heterocycles. The van der Waals surface area contributed by atoms with Crippen molar-refractivity contribution < 1.29 is 9.47 Å². The number of methoxy groups -OCH3 is 2. The Kier molecular flexibility index (Phi) is 11.4. The van der Waals surface area contributed by atoms with Gasteiger partial charge in [-0.1, -0.05) is 19.3 Å². The van der Waals surface area contributed by atoms with Crippen LogP contribution in [-0.4, -0.2) is 53.0 Å². The molecule has 0 spiro atoms. The van der Waals surface area contributed by atoms with Gasteiger partial charge in [0.15, 0.2) is 5.96 Å². The van der Waals surface area contributed by atoms with Gasteiger partial charge >= 0.3 is 0 Å². The van der Waals surface area contributed by atoms with Crippen LogP contribution >= 0.6 is 24.0 Å². The molecule has 0 aromatic rings. The van der Waals surface area contributed by atoms with Crippen LogP contribution in [-0.2, 0) is 9.47 Å². The van der Waals surface area contributed by atoms with Gasteiger partial charge in [-0.3, -0.25) is 4.99 Å². The molecule has 154 valence electrons. The molecular formula is C20H40IN3O2. The fourth-order valence-corrected chi connectivity index (χ4v) is 4.30. The summed E-state index contributed by atoms with van der Waals surface area (Å²) in [5.41, 5.74) is 0.760. The second kappa shape index (κ2) is 12.4. The molecule has 0 saturated heterocycles. The van der Waals surface area contributed by atoms with Gasteiger partial charge in [0.25, 0.3) is 0 Å². The number of hydrogen-bond acceptors (Lipinski definition) is 3. The van der Waals surface area contributed by atoms with Crippen LogP contribution in [0.3, 0.4) is 0 Å². The van der Waals surface area contributed by atoms with Crippen molar-refractivity contribution in [2.45, 2.75) is 64.7 Å². The fraction of sp³-hybridized carbons (Fsp3) is 0.950. The normalized spacial score (nSPS) is 21.0. The maximum atomic E-state index is 5.35. The third-order valence-electron chi connectivity index (χ3n) is 6.30. The molecule has 2 fully saturated rings. The third kappa shape index (κ3) is 7.15. The van der Waals surface area contributed by atoms with Crippen LogP contribution in [0.1, 0.15) is 64.7 Å². The highest BCUT2D eigenvalue weighted by Crippen LogP contribution is 2.44. The third-order valence-corrected chi connectivity index (χ3v) is 6.30. The summed E-state index contributed by atoms with van der Waals surface area (Å²) in [4.78, 5) is 4.94. The van der Waals surface area contributed by atoms with Gasteiger partial charge < -0.3 is 20.1 Å². The van der Waals surface area contributed by atoms with Crippen LogP contribution in [0.4, 0.5) is 0 Å². The van der Waals surface area contributed by atoms with Crippen LogP contribution in [0.25, 0.3) is 0 Å². The summed E-state index contributed by atoms with van der Waals surface area (Å²) in [7, 11) is 3.60. The van der Waals surface area contributed by atoms with Gasteiger partial charge in [0.1, 0.15) is 0 Å². The van der Waals surface area contributed by atoms with Crippen molar-refractivity contribution in [3.8, 4) is 0 Å². The maximum Gasteiger partial charge on any atom is 0.191 e. The van der Waals surface area contributed by atoms with E-state index < -0.39 is 0 Å². The average molecular weight is 481 g/mol. The molecule has 5 nitrogen and oxygen atoms in total. The molecule has 0 unspecified atom stereocenters. The molecule has 0 atom stereocenters. The lowest BCUT2D eigenvalue weighted by atomic mass is 9.67. The Morgan fingerprint density at radius 2 is 1.46 bits per heavy atom. The first-order valence-electron chi connectivity index (χ1n) is 10.2. The molecule has 0 aliphatic heterocycles. The van der Waals surface area contributed by atoms with E-state index in [0.717, 1.165) is 51.6 Å². The quantitative estimate of drug-likeness (QED) is 0.267. The Bertz CT molecular complexity index is 408. The number of nitrogens with zero attached hydrogens (tertiary/aromatic N) is 1. The summed E-state index contributed by atoms with van der Waals surface area (Å²) >= 11 is 0. The number of ether oxygens (including phenoxy) is 2. The lowest BCUT2D eigenvalue weighted by molar-refractivity contribution is 0.0778. The predicted octanol–water partition coefficient (Wildman–Crippen LogP) is 3.96. The molecule has 6 heteroatoms. The Morgan fingerprint density at radius 1 is 0.885 bits per heavy atom. The Balaban J connectivity index is 0.00000338. The first-order chi connectivity index (χ1) is 12.2. The number of nitrogens with one attached hydrogen (secondary N) is 2. The topological polar surface area (TPSA) is 54.9 Å². The highest BCUT2D eigenvalue weighted by molar-refractivity contribution is 14.0. The fourth-order valence-electron chi connectivity index (χ4n) is 4.30.